The quantitative estimate of drug-likeness (QED) is 0.378. The van der Waals surface area contributed by atoms with E-state index in [1.165, 1.54) is 76.2 Å². The number of carbonyl (C=O) groups is 1. The highest BCUT2D eigenvalue weighted by atomic mass is 16.3. The minimum absolute atomic E-state index is 0.147. The Balaban J connectivity index is 0.000000672. The van der Waals surface area contributed by atoms with Gasteiger partial charge in [-0.05, 0) is 117 Å². The average molecular weight is 485 g/mol. The van der Waals surface area contributed by atoms with Gasteiger partial charge in [-0.2, -0.15) is 0 Å². The smallest absolute Gasteiger partial charge is 0.138 e. The summed E-state index contributed by atoms with van der Waals surface area (Å²) in [7, 11) is 0. The standard InChI is InChI=1S/C29H48O2.C4H8/c1-25(2)22-12-16-28(5)23(26(22,3)15-13-24(25)31)11-10-20-21-9-7-6-8-14-29(21,19-30)18-17-27(20,28)4;1-4(2)3/h20-23,30H,6-19H2,1-5H3;1H2,2-3H3/t20?,21?,22?,23-,26+,27-,28-,29-;/m1./s1. The summed E-state index contributed by atoms with van der Waals surface area (Å²) in [6, 6.07) is 0. The maximum Gasteiger partial charge on any atom is 0.138 e. The lowest BCUT2D eigenvalue weighted by atomic mass is 9.32. The number of carbonyl (C=O) groups excluding carboxylic acids is 1. The molecule has 0 amide bonds. The second-order valence-corrected chi connectivity index (χ2v) is 15.2. The van der Waals surface area contributed by atoms with E-state index in [1.807, 2.05) is 13.8 Å². The van der Waals surface area contributed by atoms with Crippen LogP contribution >= 0.6 is 0 Å². The molecule has 0 aliphatic heterocycles. The van der Waals surface area contributed by atoms with Gasteiger partial charge in [-0.1, -0.05) is 59.5 Å². The molecule has 5 aliphatic rings. The lowest BCUT2D eigenvalue weighted by Crippen LogP contribution is -2.66. The van der Waals surface area contributed by atoms with Crippen LogP contribution in [-0.4, -0.2) is 17.5 Å². The highest BCUT2D eigenvalue weighted by Gasteiger charge is 2.69. The molecule has 0 aromatic rings. The Morgan fingerprint density at radius 3 is 2.14 bits per heavy atom. The molecular formula is C33H56O2. The van der Waals surface area contributed by atoms with Gasteiger partial charge in [-0.25, -0.2) is 0 Å². The van der Waals surface area contributed by atoms with Gasteiger partial charge in [0.05, 0.1) is 0 Å². The van der Waals surface area contributed by atoms with E-state index in [4.69, 9.17) is 0 Å². The van der Waals surface area contributed by atoms with Crippen LogP contribution in [0.15, 0.2) is 12.2 Å². The topological polar surface area (TPSA) is 37.3 Å². The Morgan fingerprint density at radius 2 is 1.49 bits per heavy atom. The number of hydrogen-bond donors (Lipinski definition) is 1. The minimum Gasteiger partial charge on any atom is -0.396 e. The molecule has 5 rings (SSSR count). The van der Waals surface area contributed by atoms with Crippen LogP contribution in [-0.2, 0) is 4.79 Å². The van der Waals surface area contributed by atoms with E-state index >= 15 is 0 Å². The van der Waals surface area contributed by atoms with Gasteiger partial charge in [0, 0.05) is 18.4 Å². The van der Waals surface area contributed by atoms with Crippen molar-refractivity contribution in [2.45, 2.75) is 132 Å². The van der Waals surface area contributed by atoms with Gasteiger partial charge < -0.3 is 5.11 Å². The third-order valence-electron chi connectivity index (χ3n) is 13.1. The number of fused-ring (bicyclic) bond motifs is 7. The van der Waals surface area contributed by atoms with Crippen molar-refractivity contribution in [3.63, 3.8) is 0 Å². The average Bonchev–Trinajstić information content (AvgIpc) is 3.00. The van der Waals surface area contributed by atoms with E-state index in [9.17, 15) is 9.90 Å². The van der Waals surface area contributed by atoms with Crippen LogP contribution in [0.3, 0.4) is 0 Å². The van der Waals surface area contributed by atoms with Crippen LogP contribution in [0, 0.1) is 50.7 Å². The SMILES string of the molecule is C=C(C)C.CC1(C)C(=O)CC[C@@]2(C)C1CC[C@]1(C)[C@@H]2CCC2C3CCCCC[C@]3(CO)CC[C@]21C. The molecule has 5 fully saturated rings. The predicted molar refractivity (Wildman–Crippen MR) is 147 cm³/mol. The molecule has 200 valence electrons. The minimum atomic E-state index is -0.147. The fraction of sp³-hybridized carbons (Fsp3) is 0.909. The van der Waals surface area contributed by atoms with E-state index in [0.717, 1.165) is 30.6 Å². The third-order valence-corrected chi connectivity index (χ3v) is 13.1. The number of aliphatic hydroxyl groups is 1. The van der Waals surface area contributed by atoms with E-state index in [-0.39, 0.29) is 10.8 Å². The Kier molecular flexibility index (Phi) is 7.27. The van der Waals surface area contributed by atoms with Crippen molar-refractivity contribution < 1.29 is 9.90 Å². The van der Waals surface area contributed by atoms with Gasteiger partial charge >= 0.3 is 0 Å². The third kappa shape index (κ3) is 4.02. The van der Waals surface area contributed by atoms with Crippen molar-refractivity contribution >= 4 is 5.78 Å². The van der Waals surface area contributed by atoms with Crippen molar-refractivity contribution in [2.75, 3.05) is 6.61 Å². The molecule has 2 heteroatoms. The van der Waals surface area contributed by atoms with E-state index in [0.29, 0.717) is 34.6 Å². The largest absolute Gasteiger partial charge is 0.396 e. The van der Waals surface area contributed by atoms with Crippen molar-refractivity contribution in [1.29, 1.82) is 0 Å². The second kappa shape index (κ2) is 9.28. The molecule has 5 aliphatic carbocycles. The molecule has 0 heterocycles. The number of hydrogen-bond acceptors (Lipinski definition) is 2. The van der Waals surface area contributed by atoms with Crippen LogP contribution < -0.4 is 0 Å². The molecule has 0 bridgehead atoms. The Hall–Kier alpha value is -0.630. The Bertz CT molecular complexity index is 823. The molecule has 8 atom stereocenters. The molecule has 35 heavy (non-hydrogen) atoms. The highest BCUT2D eigenvalue weighted by molar-refractivity contribution is 5.85. The molecule has 0 spiro atoms. The molecule has 3 unspecified atom stereocenters. The maximum atomic E-state index is 12.9. The fourth-order valence-electron chi connectivity index (χ4n) is 11.1. The first-order chi connectivity index (χ1) is 16.3. The summed E-state index contributed by atoms with van der Waals surface area (Å²) in [4.78, 5) is 12.9. The predicted octanol–water partition coefficient (Wildman–Crippen LogP) is 8.77. The van der Waals surface area contributed by atoms with Crippen molar-refractivity contribution in [3.05, 3.63) is 12.2 Å². The molecule has 0 aromatic heterocycles. The summed E-state index contributed by atoms with van der Waals surface area (Å²) in [5, 5.41) is 10.6. The highest BCUT2D eigenvalue weighted by Crippen LogP contribution is 2.76. The first-order valence-corrected chi connectivity index (χ1v) is 15.0. The van der Waals surface area contributed by atoms with Gasteiger partial charge in [0.25, 0.3) is 0 Å². The van der Waals surface area contributed by atoms with Crippen LogP contribution in [0.1, 0.15) is 132 Å². The van der Waals surface area contributed by atoms with Crippen molar-refractivity contribution in [3.8, 4) is 0 Å². The van der Waals surface area contributed by atoms with Gasteiger partial charge in [-0.15, -0.1) is 6.58 Å². The summed E-state index contributed by atoms with van der Waals surface area (Å²) < 4.78 is 0. The molecule has 0 saturated heterocycles. The fourth-order valence-corrected chi connectivity index (χ4v) is 11.1. The van der Waals surface area contributed by atoms with Crippen LogP contribution in [0.2, 0.25) is 0 Å². The molecule has 5 saturated carbocycles. The number of Topliss-reactive ketones (excluding diaryl/α,β-unsaturated/α-hetero) is 1. The summed E-state index contributed by atoms with van der Waals surface area (Å²) in [6.07, 6.45) is 16.4. The molecule has 0 radical (unpaired) electrons. The molecule has 0 aromatic carbocycles. The zero-order chi connectivity index (χ0) is 25.9. The molecule has 1 N–H and O–H groups in total. The van der Waals surface area contributed by atoms with Crippen LogP contribution in [0.5, 0.6) is 0 Å². The summed E-state index contributed by atoms with van der Waals surface area (Å²) >= 11 is 0. The number of rotatable bonds is 1. The number of ketones is 1. The lowest BCUT2D eigenvalue weighted by Gasteiger charge is -2.72. The summed E-state index contributed by atoms with van der Waals surface area (Å²) in [5.41, 5.74) is 2.32. The van der Waals surface area contributed by atoms with Crippen molar-refractivity contribution in [1.82, 2.24) is 0 Å². The summed E-state index contributed by atoms with van der Waals surface area (Å²) in [5.74, 6) is 3.33. The first kappa shape index (κ1) is 27.4. The zero-order valence-corrected chi connectivity index (χ0v) is 24.3. The van der Waals surface area contributed by atoms with Crippen molar-refractivity contribution in [2.24, 2.45) is 50.7 Å². The monoisotopic (exact) mass is 484 g/mol. The maximum absolute atomic E-state index is 12.9. The summed E-state index contributed by atoms with van der Waals surface area (Å²) in [6.45, 7) is 20.4. The molecule has 2 nitrogen and oxygen atoms in total. The first-order valence-electron chi connectivity index (χ1n) is 15.0. The van der Waals surface area contributed by atoms with Gasteiger partial charge in [-0.3, -0.25) is 4.79 Å². The number of allylic oxidation sites excluding steroid dienone is 1. The lowest BCUT2D eigenvalue weighted by molar-refractivity contribution is -0.237. The van der Waals surface area contributed by atoms with Gasteiger partial charge in [0.1, 0.15) is 5.78 Å². The van der Waals surface area contributed by atoms with E-state index in [1.54, 1.807) is 0 Å². The zero-order valence-electron chi connectivity index (χ0n) is 24.3. The van der Waals surface area contributed by atoms with E-state index in [2.05, 4.69) is 41.2 Å². The van der Waals surface area contributed by atoms with E-state index < -0.39 is 0 Å². The van der Waals surface area contributed by atoms with Crippen LogP contribution in [0.4, 0.5) is 0 Å². The molecular weight excluding hydrogens is 428 g/mol. The van der Waals surface area contributed by atoms with Crippen LogP contribution in [0.25, 0.3) is 0 Å². The number of aliphatic hydroxyl groups excluding tert-OH is 1. The Morgan fingerprint density at radius 1 is 0.800 bits per heavy atom. The van der Waals surface area contributed by atoms with Gasteiger partial charge in [0.15, 0.2) is 0 Å². The second-order valence-electron chi connectivity index (χ2n) is 15.2. The van der Waals surface area contributed by atoms with Gasteiger partial charge in [0.2, 0.25) is 0 Å². The Labute approximate surface area is 217 Å². The normalized spacial score (nSPS) is 48.6.